The predicted octanol–water partition coefficient (Wildman–Crippen LogP) is 5.11. The van der Waals surface area contributed by atoms with E-state index in [1.165, 1.54) is 109 Å². The van der Waals surface area contributed by atoms with Crippen LogP contribution in [0.25, 0.3) is 0 Å². The minimum absolute atomic E-state index is 0. The van der Waals surface area contributed by atoms with Crippen LogP contribution >= 0.6 is 0 Å². The Labute approximate surface area is 171 Å². The molecule has 0 rings (SSSR count). The van der Waals surface area contributed by atoms with E-state index in [0.29, 0.717) is 0 Å². The average molecular weight is 441 g/mol. The second-order valence-corrected chi connectivity index (χ2v) is 7.04. The van der Waals surface area contributed by atoms with Gasteiger partial charge in [0.1, 0.15) is 0 Å². The van der Waals surface area contributed by atoms with E-state index in [-0.39, 0.29) is 36.5 Å². The Balaban J connectivity index is -0.00000200. The second-order valence-electron chi connectivity index (χ2n) is 7.04. The first-order valence-corrected chi connectivity index (χ1v) is 10.1. The minimum atomic E-state index is 0. The Kier molecular flexibility index (Phi) is 31.8. The van der Waals surface area contributed by atoms with Crippen molar-refractivity contribution in [1.29, 1.82) is 0 Å². The van der Waals surface area contributed by atoms with Crippen molar-refractivity contribution >= 4 is 0 Å². The topological polar surface area (TPSA) is 0 Å². The third-order valence-corrected chi connectivity index (χ3v) is 4.68. The zero-order chi connectivity index (χ0) is 15.6. The summed E-state index contributed by atoms with van der Waals surface area (Å²) in [4.78, 5) is 0. The van der Waals surface area contributed by atoms with E-state index in [2.05, 4.69) is 20.8 Å². The number of hydrogen-bond acceptors (Lipinski definition) is 0. The fourth-order valence-corrected chi connectivity index (χ4v) is 3.10. The standard InChI is InChI=1S/C21H43.BrH.Zn/c1-4-6-8-10-12-14-16-18-20-21(3)19-17-15-13-11-9-7-5-2;;/h21H,3-20H2,1-2H3;1H;/q-1;;+2/p-1. The van der Waals surface area contributed by atoms with Crippen LogP contribution in [-0.2, 0) is 19.5 Å². The van der Waals surface area contributed by atoms with Crippen LogP contribution in [0.3, 0.4) is 0 Å². The van der Waals surface area contributed by atoms with Gasteiger partial charge in [0.15, 0.2) is 0 Å². The smallest absolute Gasteiger partial charge is 1.00 e. The molecule has 0 heterocycles. The van der Waals surface area contributed by atoms with Crippen LogP contribution in [0.2, 0.25) is 0 Å². The molecule has 0 aliphatic carbocycles. The van der Waals surface area contributed by atoms with Crippen LogP contribution in [0.5, 0.6) is 0 Å². The molecule has 0 radical (unpaired) electrons. The quantitative estimate of drug-likeness (QED) is 0.167. The van der Waals surface area contributed by atoms with Crippen molar-refractivity contribution in [2.24, 2.45) is 5.92 Å². The van der Waals surface area contributed by atoms with Crippen molar-refractivity contribution in [1.82, 2.24) is 0 Å². The molecule has 0 N–H and O–H groups in total. The van der Waals surface area contributed by atoms with E-state index in [0.717, 1.165) is 5.92 Å². The van der Waals surface area contributed by atoms with Gasteiger partial charge < -0.3 is 23.9 Å². The van der Waals surface area contributed by atoms with Crippen molar-refractivity contribution in [3.05, 3.63) is 6.92 Å². The Morgan fingerprint density at radius 3 is 1.09 bits per heavy atom. The van der Waals surface area contributed by atoms with Crippen LogP contribution < -0.4 is 17.0 Å². The number of unbranched alkanes of at least 4 members (excludes halogenated alkanes) is 13. The summed E-state index contributed by atoms with van der Waals surface area (Å²) in [6, 6.07) is 0. The van der Waals surface area contributed by atoms with Gasteiger partial charge >= 0.3 is 19.5 Å². The van der Waals surface area contributed by atoms with E-state index >= 15 is 0 Å². The third-order valence-electron chi connectivity index (χ3n) is 4.68. The van der Waals surface area contributed by atoms with Crippen molar-refractivity contribution in [2.45, 2.75) is 123 Å². The van der Waals surface area contributed by atoms with Crippen molar-refractivity contribution in [3.63, 3.8) is 0 Å². The molecule has 0 saturated carbocycles. The van der Waals surface area contributed by atoms with Gasteiger partial charge in [-0.25, -0.2) is 0 Å². The van der Waals surface area contributed by atoms with Gasteiger partial charge in [-0.1, -0.05) is 123 Å². The van der Waals surface area contributed by atoms with Gasteiger partial charge in [-0.15, -0.1) is 0 Å². The zero-order valence-corrected chi connectivity index (χ0v) is 20.9. The van der Waals surface area contributed by atoms with Crippen LogP contribution in [0.1, 0.15) is 123 Å². The van der Waals surface area contributed by atoms with Crippen molar-refractivity contribution in [2.75, 3.05) is 0 Å². The fourth-order valence-electron chi connectivity index (χ4n) is 3.10. The van der Waals surface area contributed by atoms with Crippen LogP contribution in [0, 0.1) is 12.8 Å². The van der Waals surface area contributed by atoms with Gasteiger partial charge in [0, 0.05) is 0 Å². The molecule has 0 aromatic rings. The van der Waals surface area contributed by atoms with E-state index in [4.69, 9.17) is 0 Å². The average Bonchev–Trinajstić information content (AvgIpc) is 2.49. The van der Waals surface area contributed by atoms with E-state index in [1.807, 2.05) is 0 Å². The molecule has 2 heteroatoms. The van der Waals surface area contributed by atoms with E-state index in [9.17, 15) is 0 Å². The van der Waals surface area contributed by atoms with Crippen LogP contribution in [0.15, 0.2) is 0 Å². The molecular weight excluding hydrogens is 398 g/mol. The number of rotatable bonds is 17. The summed E-state index contributed by atoms with van der Waals surface area (Å²) in [5.41, 5.74) is 0. The molecule has 0 aliphatic rings. The van der Waals surface area contributed by atoms with Gasteiger partial charge in [-0.05, 0) is 0 Å². The molecule has 0 saturated heterocycles. The molecule has 0 fully saturated rings. The summed E-state index contributed by atoms with van der Waals surface area (Å²) in [5.74, 6) is 0.723. The SMILES string of the molecule is [Br-].[CH2-]C(CCCCCCCCC)CCCCCCCCCC.[Zn+2]. The van der Waals surface area contributed by atoms with Crippen molar-refractivity contribution < 1.29 is 36.5 Å². The summed E-state index contributed by atoms with van der Waals surface area (Å²) in [7, 11) is 0. The number of hydrogen-bond donors (Lipinski definition) is 0. The Morgan fingerprint density at radius 2 is 0.783 bits per heavy atom. The summed E-state index contributed by atoms with van der Waals surface area (Å²) >= 11 is 0. The molecule has 0 aliphatic heterocycles. The zero-order valence-electron chi connectivity index (χ0n) is 16.4. The van der Waals surface area contributed by atoms with Crippen molar-refractivity contribution in [3.8, 4) is 0 Å². The summed E-state index contributed by atoms with van der Waals surface area (Å²) < 4.78 is 0. The molecule has 0 amide bonds. The molecule has 0 aromatic carbocycles. The van der Waals surface area contributed by atoms with Gasteiger partial charge in [0.25, 0.3) is 0 Å². The molecular formula is C21H43BrZn. The Hall–Kier alpha value is 1.10. The maximum Gasteiger partial charge on any atom is 2.00 e. The third kappa shape index (κ3) is 25.5. The molecule has 0 nitrogen and oxygen atoms in total. The summed E-state index contributed by atoms with van der Waals surface area (Å²) in [6.45, 7) is 8.93. The first-order chi connectivity index (χ1) is 10.3. The maximum atomic E-state index is 4.34. The van der Waals surface area contributed by atoms with Gasteiger partial charge in [0.2, 0.25) is 0 Å². The first kappa shape index (κ1) is 28.9. The number of halogens is 1. The predicted molar refractivity (Wildman–Crippen MR) is 98.7 cm³/mol. The molecule has 0 aromatic heterocycles. The Morgan fingerprint density at radius 1 is 0.522 bits per heavy atom. The second kappa shape index (κ2) is 25.3. The Bertz CT molecular complexity index is 185. The van der Waals surface area contributed by atoms with Crippen LogP contribution in [0.4, 0.5) is 0 Å². The minimum Gasteiger partial charge on any atom is -1.00 e. The molecule has 1 unspecified atom stereocenters. The van der Waals surface area contributed by atoms with Gasteiger partial charge in [0.05, 0.1) is 0 Å². The first-order valence-electron chi connectivity index (χ1n) is 10.1. The summed E-state index contributed by atoms with van der Waals surface area (Å²) in [5, 5.41) is 0. The molecule has 23 heavy (non-hydrogen) atoms. The largest absolute Gasteiger partial charge is 2.00 e. The maximum absolute atomic E-state index is 4.34. The molecule has 1 atom stereocenters. The van der Waals surface area contributed by atoms with Crippen LogP contribution in [-0.4, -0.2) is 0 Å². The molecule has 136 valence electrons. The monoisotopic (exact) mass is 438 g/mol. The van der Waals surface area contributed by atoms with Gasteiger partial charge in [-0.2, -0.15) is 5.92 Å². The molecule has 0 bridgehead atoms. The van der Waals surface area contributed by atoms with E-state index < -0.39 is 0 Å². The molecule has 0 spiro atoms. The normalized spacial score (nSPS) is 11.6. The van der Waals surface area contributed by atoms with Gasteiger partial charge in [-0.3, -0.25) is 0 Å². The summed E-state index contributed by atoms with van der Waals surface area (Å²) in [6.07, 6.45) is 24.2. The van der Waals surface area contributed by atoms with E-state index in [1.54, 1.807) is 0 Å². The fraction of sp³-hybridized carbons (Fsp3) is 0.952.